The molecule has 1 aromatic heterocycles. The lowest BCUT2D eigenvalue weighted by atomic mass is 10.2. The predicted octanol–water partition coefficient (Wildman–Crippen LogP) is 2.32. The molecule has 1 saturated carbocycles. The predicted molar refractivity (Wildman–Crippen MR) is 70.6 cm³/mol. The monoisotopic (exact) mass is 235 g/mol. The molecule has 3 N–H and O–H groups in total. The fourth-order valence-electron chi connectivity index (χ4n) is 1.69. The number of hydrogen-bond donors (Lipinski definition) is 2. The van der Waals surface area contributed by atoms with Crippen LogP contribution in [0.3, 0.4) is 0 Å². The first-order valence-corrected chi connectivity index (χ1v) is 6.16. The Balaban J connectivity index is 1.78. The van der Waals surface area contributed by atoms with Crippen LogP contribution in [-0.2, 0) is 0 Å². The highest BCUT2D eigenvalue weighted by atomic mass is 32.1. The minimum Gasteiger partial charge on any atom is -0.389 e. The zero-order chi connectivity index (χ0) is 11.4. The van der Waals surface area contributed by atoms with Gasteiger partial charge in [-0.2, -0.15) is 0 Å². The van der Waals surface area contributed by atoms with E-state index in [0.717, 1.165) is 23.8 Å². The molecule has 0 saturated heterocycles. The van der Waals surface area contributed by atoms with E-state index in [1.165, 1.54) is 25.7 Å². The van der Waals surface area contributed by atoms with Crippen LogP contribution < -0.4 is 11.1 Å². The van der Waals surface area contributed by atoms with Gasteiger partial charge in [-0.25, -0.2) is 4.98 Å². The number of aromatic nitrogens is 1. The Bertz CT molecular complexity index is 374. The fourth-order valence-corrected chi connectivity index (χ4v) is 1.82. The van der Waals surface area contributed by atoms with Crippen LogP contribution in [0.15, 0.2) is 18.3 Å². The van der Waals surface area contributed by atoms with Crippen LogP contribution in [-0.4, -0.2) is 16.5 Å². The number of nitrogens with one attached hydrogen (secondary N) is 1. The van der Waals surface area contributed by atoms with Gasteiger partial charge >= 0.3 is 0 Å². The molecule has 1 fully saturated rings. The summed E-state index contributed by atoms with van der Waals surface area (Å²) in [7, 11) is 0. The van der Waals surface area contributed by atoms with E-state index in [0.29, 0.717) is 4.99 Å². The van der Waals surface area contributed by atoms with Crippen molar-refractivity contribution in [1.82, 2.24) is 4.98 Å². The molecule has 0 amide bonds. The minimum absolute atomic E-state index is 0.420. The Morgan fingerprint density at radius 2 is 2.38 bits per heavy atom. The molecule has 4 heteroatoms. The third kappa shape index (κ3) is 3.45. The summed E-state index contributed by atoms with van der Waals surface area (Å²) < 4.78 is 0. The number of nitrogens with two attached hydrogens (primary N) is 1. The van der Waals surface area contributed by atoms with Crippen LogP contribution in [0.5, 0.6) is 0 Å². The van der Waals surface area contributed by atoms with Crippen LogP contribution in [0.25, 0.3) is 0 Å². The van der Waals surface area contributed by atoms with Crippen molar-refractivity contribution in [3.8, 4) is 0 Å². The van der Waals surface area contributed by atoms with Crippen LogP contribution in [0, 0.1) is 5.92 Å². The SMILES string of the molecule is NC(=S)c1ccnc(NCCCC2CC2)c1. The molecule has 0 unspecified atom stereocenters. The van der Waals surface area contributed by atoms with Crippen molar-refractivity contribution in [2.75, 3.05) is 11.9 Å². The number of nitrogens with zero attached hydrogens (tertiary/aromatic N) is 1. The molecule has 0 atom stereocenters. The fraction of sp³-hybridized carbons (Fsp3) is 0.500. The van der Waals surface area contributed by atoms with Crippen LogP contribution >= 0.6 is 12.2 Å². The second-order valence-corrected chi connectivity index (χ2v) is 4.75. The topological polar surface area (TPSA) is 50.9 Å². The quantitative estimate of drug-likeness (QED) is 0.587. The number of thiocarbonyl (C=S) groups is 1. The molecule has 1 aliphatic rings. The van der Waals surface area contributed by atoms with Crippen molar-refractivity contribution in [2.24, 2.45) is 11.7 Å². The third-order valence-corrected chi connectivity index (χ3v) is 3.07. The first-order chi connectivity index (χ1) is 7.75. The number of anilines is 1. The Kier molecular flexibility index (Phi) is 3.72. The number of hydrogen-bond acceptors (Lipinski definition) is 3. The Morgan fingerprint density at radius 3 is 3.06 bits per heavy atom. The van der Waals surface area contributed by atoms with Crippen LogP contribution in [0.1, 0.15) is 31.2 Å². The highest BCUT2D eigenvalue weighted by Gasteiger charge is 2.19. The molecule has 1 heterocycles. The second kappa shape index (κ2) is 5.25. The van der Waals surface area contributed by atoms with Gasteiger partial charge in [0.05, 0.1) is 0 Å². The van der Waals surface area contributed by atoms with Gasteiger partial charge < -0.3 is 11.1 Å². The average molecular weight is 235 g/mol. The molecule has 3 nitrogen and oxygen atoms in total. The van der Waals surface area contributed by atoms with Gasteiger partial charge in [-0.3, -0.25) is 0 Å². The first-order valence-electron chi connectivity index (χ1n) is 5.75. The summed E-state index contributed by atoms with van der Waals surface area (Å²) in [6, 6.07) is 3.73. The van der Waals surface area contributed by atoms with Gasteiger partial charge in [0.2, 0.25) is 0 Å². The van der Waals surface area contributed by atoms with E-state index in [-0.39, 0.29) is 0 Å². The zero-order valence-corrected chi connectivity index (χ0v) is 10.1. The lowest BCUT2D eigenvalue weighted by molar-refractivity contribution is 0.686. The van der Waals surface area contributed by atoms with E-state index >= 15 is 0 Å². The van der Waals surface area contributed by atoms with Crippen molar-refractivity contribution >= 4 is 23.0 Å². The first kappa shape index (κ1) is 11.3. The lowest BCUT2D eigenvalue weighted by Crippen LogP contribution is -2.11. The van der Waals surface area contributed by atoms with Crippen molar-refractivity contribution < 1.29 is 0 Å². The summed E-state index contributed by atoms with van der Waals surface area (Å²) in [5, 5.41) is 3.30. The van der Waals surface area contributed by atoms with Crippen molar-refractivity contribution in [1.29, 1.82) is 0 Å². The highest BCUT2D eigenvalue weighted by Crippen LogP contribution is 2.33. The number of pyridine rings is 1. The van der Waals surface area contributed by atoms with Crippen LogP contribution in [0.4, 0.5) is 5.82 Å². The van der Waals surface area contributed by atoms with E-state index in [9.17, 15) is 0 Å². The van der Waals surface area contributed by atoms with E-state index in [2.05, 4.69) is 10.3 Å². The highest BCUT2D eigenvalue weighted by molar-refractivity contribution is 7.80. The third-order valence-electron chi connectivity index (χ3n) is 2.84. The van der Waals surface area contributed by atoms with Crippen molar-refractivity contribution in [3.05, 3.63) is 23.9 Å². The molecule has 0 aliphatic heterocycles. The molecular formula is C12H17N3S. The summed E-state index contributed by atoms with van der Waals surface area (Å²) in [5.74, 6) is 1.86. The molecule has 16 heavy (non-hydrogen) atoms. The number of rotatable bonds is 6. The standard InChI is InChI=1S/C12H17N3S/c13-12(16)10-5-7-15-11(8-10)14-6-1-2-9-3-4-9/h5,7-9H,1-4,6H2,(H2,13,16)(H,14,15). The Morgan fingerprint density at radius 1 is 1.56 bits per heavy atom. The maximum atomic E-state index is 5.56. The molecule has 2 rings (SSSR count). The molecule has 0 spiro atoms. The summed E-state index contributed by atoms with van der Waals surface area (Å²) in [4.78, 5) is 4.65. The summed E-state index contributed by atoms with van der Waals surface area (Å²) in [6.45, 7) is 0.976. The van der Waals surface area contributed by atoms with Gasteiger partial charge in [-0.05, 0) is 30.9 Å². The molecule has 1 aliphatic carbocycles. The van der Waals surface area contributed by atoms with Gasteiger partial charge in [0, 0.05) is 18.3 Å². The summed E-state index contributed by atoms with van der Waals surface area (Å²) >= 11 is 4.92. The zero-order valence-electron chi connectivity index (χ0n) is 9.28. The smallest absolute Gasteiger partial charge is 0.126 e. The average Bonchev–Trinajstić information content (AvgIpc) is 3.09. The van der Waals surface area contributed by atoms with Crippen molar-refractivity contribution in [2.45, 2.75) is 25.7 Å². The molecule has 0 aromatic carbocycles. The summed E-state index contributed by atoms with van der Waals surface area (Å²) in [6.07, 6.45) is 7.13. The van der Waals surface area contributed by atoms with E-state index in [1.54, 1.807) is 6.20 Å². The Hall–Kier alpha value is -1.16. The van der Waals surface area contributed by atoms with Gasteiger partial charge in [-0.1, -0.05) is 25.1 Å². The van der Waals surface area contributed by atoms with E-state index in [4.69, 9.17) is 18.0 Å². The maximum absolute atomic E-state index is 5.56. The molecule has 0 radical (unpaired) electrons. The van der Waals surface area contributed by atoms with Crippen LogP contribution in [0.2, 0.25) is 0 Å². The van der Waals surface area contributed by atoms with Crippen molar-refractivity contribution in [3.63, 3.8) is 0 Å². The molecule has 86 valence electrons. The normalized spacial score (nSPS) is 14.8. The largest absolute Gasteiger partial charge is 0.389 e. The van der Waals surface area contributed by atoms with Gasteiger partial charge in [0.1, 0.15) is 10.8 Å². The second-order valence-electron chi connectivity index (χ2n) is 4.31. The molecule has 1 aromatic rings. The summed E-state index contributed by atoms with van der Waals surface area (Å²) in [5.41, 5.74) is 6.43. The van der Waals surface area contributed by atoms with Gasteiger partial charge in [-0.15, -0.1) is 0 Å². The van der Waals surface area contributed by atoms with Gasteiger partial charge in [0.15, 0.2) is 0 Å². The van der Waals surface area contributed by atoms with E-state index < -0.39 is 0 Å². The van der Waals surface area contributed by atoms with Gasteiger partial charge in [0.25, 0.3) is 0 Å². The maximum Gasteiger partial charge on any atom is 0.126 e. The minimum atomic E-state index is 0.420. The lowest BCUT2D eigenvalue weighted by Gasteiger charge is -2.06. The Labute approximate surface area is 101 Å². The van der Waals surface area contributed by atoms with E-state index in [1.807, 2.05) is 12.1 Å². The molecular weight excluding hydrogens is 218 g/mol. The molecule has 0 bridgehead atoms.